The molecule has 1 aromatic carbocycles. The Hall–Kier alpha value is -1.75. The van der Waals surface area contributed by atoms with Crippen LogP contribution in [0.4, 0.5) is 10.5 Å². The normalized spacial score (nSPS) is 12.7. The fourth-order valence-corrected chi connectivity index (χ4v) is 1.72. The van der Waals surface area contributed by atoms with Crippen molar-refractivity contribution in [1.29, 1.82) is 0 Å². The van der Waals surface area contributed by atoms with Gasteiger partial charge in [0.05, 0.1) is 13.2 Å². The number of nitrogens with one attached hydrogen (secondary N) is 1. The predicted octanol–water partition coefficient (Wildman–Crippen LogP) is 2.97. The first-order valence-electron chi connectivity index (χ1n) is 6.56. The summed E-state index contributed by atoms with van der Waals surface area (Å²) in [4.78, 5) is 11.8. The van der Waals surface area contributed by atoms with E-state index in [1.807, 2.05) is 0 Å². The zero-order chi connectivity index (χ0) is 15.3. The number of amides is 1. The zero-order valence-corrected chi connectivity index (χ0v) is 12.7. The second kappa shape index (κ2) is 6.61. The molecule has 1 aromatic rings. The number of aliphatic hydroxyl groups excluding tert-OH is 1. The van der Waals surface area contributed by atoms with Gasteiger partial charge < -0.3 is 14.6 Å². The molecule has 0 saturated carbocycles. The molecule has 1 atom stereocenters. The van der Waals surface area contributed by atoms with Gasteiger partial charge in [0.15, 0.2) is 0 Å². The van der Waals surface area contributed by atoms with Gasteiger partial charge in [0.25, 0.3) is 0 Å². The van der Waals surface area contributed by atoms with E-state index in [-0.39, 0.29) is 0 Å². The molecule has 0 saturated heterocycles. The highest BCUT2D eigenvalue weighted by Crippen LogP contribution is 2.24. The molecular weight excluding hydrogens is 258 g/mol. The molecule has 0 radical (unpaired) electrons. The Morgan fingerprint density at radius 1 is 1.40 bits per heavy atom. The number of methoxy groups -OCH3 is 1. The topological polar surface area (TPSA) is 67.8 Å². The number of rotatable bonds is 4. The van der Waals surface area contributed by atoms with E-state index in [0.717, 1.165) is 5.56 Å². The van der Waals surface area contributed by atoms with Gasteiger partial charge in [-0.15, -0.1) is 0 Å². The van der Waals surface area contributed by atoms with Gasteiger partial charge in [-0.1, -0.05) is 0 Å². The SMILES string of the molecule is COc1ccc(NC(=O)OC(C)(C)C)c(C[C@@H](C)O)c1. The maximum Gasteiger partial charge on any atom is 0.412 e. The first-order chi connectivity index (χ1) is 9.21. The van der Waals surface area contributed by atoms with Gasteiger partial charge in [-0.3, -0.25) is 5.32 Å². The minimum Gasteiger partial charge on any atom is -0.497 e. The smallest absolute Gasteiger partial charge is 0.412 e. The van der Waals surface area contributed by atoms with E-state index in [9.17, 15) is 9.90 Å². The average Bonchev–Trinajstić information content (AvgIpc) is 2.28. The van der Waals surface area contributed by atoms with Crippen LogP contribution in [0, 0.1) is 0 Å². The molecule has 0 aromatic heterocycles. The standard InChI is InChI=1S/C15H23NO4/c1-10(17)8-11-9-12(19-5)6-7-13(11)16-14(18)20-15(2,3)4/h6-7,9-10,17H,8H2,1-5H3,(H,16,18)/t10-/m1/s1. The number of benzene rings is 1. The molecule has 0 aliphatic carbocycles. The summed E-state index contributed by atoms with van der Waals surface area (Å²) in [5, 5.41) is 12.2. The lowest BCUT2D eigenvalue weighted by atomic mass is 10.1. The van der Waals surface area contributed by atoms with Gasteiger partial charge in [0.1, 0.15) is 11.4 Å². The maximum absolute atomic E-state index is 11.8. The Labute approximate surface area is 119 Å². The first kappa shape index (κ1) is 16.3. The van der Waals surface area contributed by atoms with Crippen molar-refractivity contribution in [2.24, 2.45) is 0 Å². The number of hydrogen-bond acceptors (Lipinski definition) is 4. The highest BCUT2D eigenvalue weighted by atomic mass is 16.6. The zero-order valence-electron chi connectivity index (χ0n) is 12.7. The first-order valence-corrected chi connectivity index (χ1v) is 6.56. The lowest BCUT2D eigenvalue weighted by Crippen LogP contribution is -2.27. The van der Waals surface area contributed by atoms with Crippen LogP contribution >= 0.6 is 0 Å². The van der Waals surface area contributed by atoms with Crippen LogP contribution in [-0.4, -0.2) is 30.0 Å². The van der Waals surface area contributed by atoms with Gasteiger partial charge >= 0.3 is 6.09 Å². The van der Waals surface area contributed by atoms with Crippen LogP contribution in [-0.2, 0) is 11.2 Å². The summed E-state index contributed by atoms with van der Waals surface area (Å²) < 4.78 is 10.4. The van der Waals surface area contributed by atoms with Crippen LogP contribution < -0.4 is 10.1 Å². The van der Waals surface area contributed by atoms with E-state index in [1.54, 1.807) is 53.0 Å². The van der Waals surface area contributed by atoms with E-state index < -0.39 is 17.8 Å². The monoisotopic (exact) mass is 281 g/mol. The molecule has 0 fully saturated rings. The van der Waals surface area contributed by atoms with Crippen LogP contribution in [0.2, 0.25) is 0 Å². The van der Waals surface area contributed by atoms with Crippen LogP contribution in [0.3, 0.4) is 0 Å². The van der Waals surface area contributed by atoms with Crippen LogP contribution in [0.5, 0.6) is 5.75 Å². The van der Waals surface area contributed by atoms with Crippen molar-refractivity contribution in [3.8, 4) is 5.75 Å². The van der Waals surface area contributed by atoms with Gasteiger partial charge in [0.2, 0.25) is 0 Å². The minimum absolute atomic E-state index is 0.419. The Bertz CT molecular complexity index is 463. The fraction of sp³-hybridized carbons (Fsp3) is 0.533. The molecule has 0 aliphatic rings. The van der Waals surface area contributed by atoms with Gasteiger partial charge in [-0.2, -0.15) is 0 Å². The summed E-state index contributed by atoms with van der Waals surface area (Å²) in [6, 6.07) is 5.28. The molecule has 5 heteroatoms. The summed E-state index contributed by atoms with van der Waals surface area (Å²) in [6.45, 7) is 7.10. The van der Waals surface area contributed by atoms with E-state index in [2.05, 4.69) is 5.32 Å². The Balaban J connectivity index is 2.90. The van der Waals surface area contributed by atoms with Crippen LogP contribution in [0.1, 0.15) is 33.3 Å². The molecule has 0 unspecified atom stereocenters. The molecule has 1 amide bonds. The molecule has 0 heterocycles. The van der Waals surface area contributed by atoms with Crippen molar-refractivity contribution in [2.75, 3.05) is 12.4 Å². The number of hydrogen-bond donors (Lipinski definition) is 2. The Morgan fingerprint density at radius 3 is 2.55 bits per heavy atom. The highest BCUT2D eigenvalue weighted by molar-refractivity contribution is 5.86. The van der Waals surface area contributed by atoms with E-state index >= 15 is 0 Å². The summed E-state index contributed by atoms with van der Waals surface area (Å²) in [7, 11) is 1.57. The van der Waals surface area contributed by atoms with Gasteiger partial charge in [-0.05, 0) is 51.5 Å². The maximum atomic E-state index is 11.8. The van der Waals surface area contributed by atoms with E-state index in [4.69, 9.17) is 9.47 Å². The third-order valence-corrected chi connectivity index (χ3v) is 2.46. The third-order valence-electron chi connectivity index (χ3n) is 2.46. The number of carbonyl (C=O) groups is 1. The van der Waals surface area contributed by atoms with Crippen LogP contribution in [0.15, 0.2) is 18.2 Å². The largest absolute Gasteiger partial charge is 0.497 e. The molecule has 5 nitrogen and oxygen atoms in total. The van der Waals surface area contributed by atoms with Crippen molar-refractivity contribution >= 4 is 11.8 Å². The molecule has 20 heavy (non-hydrogen) atoms. The van der Waals surface area contributed by atoms with Gasteiger partial charge in [-0.25, -0.2) is 4.79 Å². The molecule has 0 spiro atoms. The summed E-state index contributed by atoms with van der Waals surface area (Å²) in [6.07, 6.45) is -0.613. The van der Waals surface area contributed by atoms with Crippen molar-refractivity contribution in [3.05, 3.63) is 23.8 Å². The summed E-state index contributed by atoms with van der Waals surface area (Å²) >= 11 is 0. The molecule has 2 N–H and O–H groups in total. The van der Waals surface area contributed by atoms with Crippen molar-refractivity contribution in [1.82, 2.24) is 0 Å². The summed E-state index contributed by atoms with van der Waals surface area (Å²) in [5.41, 5.74) is 0.854. The number of ether oxygens (including phenoxy) is 2. The average molecular weight is 281 g/mol. The Kier molecular flexibility index (Phi) is 5.39. The molecule has 1 rings (SSSR count). The summed E-state index contributed by atoms with van der Waals surface area (Å²) in [5.74, 6) is 0.676. The second-order valence-electron chi connectivity index (χ2n) is 5.70. The second-order valence-corrected chi connectivity index (χ2v) is 5.70. The van der Waals surface area contributed by atoms with E-state index in [1.165, 1.54) is 0 Å². The minimum atomic E-state index is -0.555. The molecular formula is C15H23NO4. The van der Waals surface area contributed by atoms with Crippen molar-refractivity contribution in [3.63, 3.8) is 0 Å². The molecule has 112 valence electrons. The molecule has 0 aliphatic heterocycles. The quantitative estimate of drug-likeness (QED) is 0.890. The number of aliphatic hydroxyl groups is 1. The highest BCUT2D eigenvalue weighted by Gasteiger charge is 2.17. The van der Waals surface area contributed by atoms with Crippen LogP contribution in [0.25, 0.3) is 0 Å². The lowest BCUT2D eigenvalue weighted by molar-refractivity contribution is 0.0635. The van der Waals surface area contributed by atoms with Gasteiger partial charge in [0, 0.05) is 12.1 Å². The predicted molar refractivity (Wildman–Crippen MR) is 78.2 cm³/mol. The number of carbonyl (C=O) groups excluding carboxylic acids is 1. The van der Waals surface area contributed by atoms with Crippen molar-refractivity contribution in [2.45, 2.75) is 45.8 Å². The molecule has 0 bridgehead atoms. The fourth-order valence-electron chi connectivity index (χ4n) is 1.72. The van der Waals surface area contributed by atoms with E-state index in [0.29, 0.717) is 17.9 Å². The van der Waals surface area contributed by atoms with Crippen molar-refractivity contribution < 1.29 is 19.4 Å². The Morgan fingerprint density at radius 2 is 2.05 bits per heavy atom. The lowest BCUT2D eigenvalue weighted by Gasteiger charge is -2.21. The third kappa shape index (κ3) is 5.48. The number of anilines is 1.